The Bertz CT molecular complexity index is 986. The zero-order chi connectivity index (χ0) is 19.5. The number of rotatable bonds is 4. The number of aromatic nitrogens is 1. The van der Waals surface area contributed by atoms with Gasteiger partial charge in [-0.3, -0.25) is 10.1 Å². The highest BCUT2D eigenvalue weighted by atomic mass is 35.5. The van der Waals surface area contributed by atoms with Crippen molar-refractivity contribution >= 4 is 51.3 Å². The van der Waals surface area contributed by atoms with E-state index in [1.807, 2.05) is 23.6 Å². The first kappa shape index (κ1) is 18.9. The Balaban J connectivity index is 1.35. The van der Waals surface area contributed by atoms with Crippen molar-refractivity contribution in [2.24, 2.45) is 0 Å². The number of carbonyl (C=O) groups is 2. The maximum absolute atomic E-state index is 12.5. The summed E-state index contributed by atoms with van der Waals surface area (Å²) in [5, 5.41) is 8.89. The zero-order valence-corrected chi connectivity index (χ0v) is 17.2. The average Bonchev–Trinajstić information content (AvgIpc) is 3.36. The largest absolute Gasteiger partial charge is 0.334 e. The molecule has 1 aromatic carbocycles. The van der Waals surface area contributed by atoms with Crippen LogP contribution in [0.2, 0.25) is 5.02 Å². The SMILES string of the molecule is O=C(Nc1nc2c(s1)CN(C(=O)NCc1ccc(Cl)cc1)CC2)c1cccs1. The highest BCUT2D eigenvalue weighted by Gasteiger charge is 2.24. The molecule has 3 heterocycles. The number of anilines is 1. The zero-order valence-electron chi connectivity index (χ0n) is 14.8. The lowest BCUT2D eigenvalue weighted by atomic mass is 10.2. The molecule has 0 fully saturated rings. The van der Waals surface area contributed by atoms with Gasteiger partial charge in [0.15, 0.2) is 5.13 Å². The number of fused-ring (bicyclic) bond motifs is 1. The molecule has 28 heavy (non-hydrogen) atoms. The van der Waals surface area contributed by atoms with Crippen molar-refractivity contribution in [2.45, 2.75) is 19.5 Å². The fourth-order valence-corrected chi connectivity index (χ4v) is 4.64. The van der Waals surface area contributed by atoms with Crippen LogP contribution in [0.5, 0.6) is 0 Å². The topological polar surface area (TPSA) is 74.3 Å². The summed E-state index contributed by atoms with van der Waals surface area (Å²) < 4.78 is 0. The van der Waals surface area contributed by atoms with Gasteiger partial charge in [0.05, 0.1) is 17.1 Å². The van der Waals surface area contributed by atoms with Crippen LogP contribution in [0.15, 0.2) is 41.8 Å². The van der Waals surface area contributed by atoms with Crippen LogP contribution in [0.3, 0.4) is 0 Å². The van der Waals surface area contributed by atoms with Crippen molar-refractivity contribution < 1.29 is 9.59 Å². The predicted molar refractivity (Wildman–Crippen MR) is 112 cm³/mol. The fraction of sp³-hybridized carbons (Fsp3) is 0.211. The van der Waals surface area contributed by atoms with Gasteiger partial charge in [0, 0.05) is 29.4 Å². The number of urea groups is 1. The molecule has 2 aromatic heterocycles. The lowest BCUT2D eigenvalue weighted by molar-refractivity contribution is 0.103. The highest BCUT2D eigenvalue weighted by molar-refractivity contribution is 7.16. The van der Waals surface area contributed by atoms with Gasteiger partial charge >= 0.3 is 6.03 Å². The van der Waals surface area contributed by atoms with Gasteiger partial charge in [-0.05, 0) is 29.1 Å². The molecule has 0 atom stereocenters. The molecule has 3 amide bonds. The first-order valence-electron chi connectivity index (χ1n) is 8.69. The summed E-state index contributed by atoms with van der Waals surface area (Å²) in [5.74, 6) is -0.154. The second kappa shape index (κ2) is 8.30. The van der Waals surface area contributed by atoms with Crippen molar-refractivity contribution in [2.75, 3.05) is 11.9 Å². The summed E-state index contributed by atoms with van der Waals surface area (Å²) in [6, 6.07) is 10.9. The standard InChI is InChI=1S/C19H17ClN4O2S2/c20-13-5-3-12(4-6-13)10-21-19(26)24-8-7-14-16(11-24)28-18(22-14)23-17(25)15-2-1-9-27-15/h1-6,9H,7-8,10-11H2,(H,21,26)(H,22,23,25). The molecule has 1 aliphatic heterocycles. The summed E-state index contributed by atoms with van der Waals surface area (Å²) in [4.78, 5) is 32.6. The molecule has 0 bridgehead atoms. The number of thiophene rings is 1. The Morgan fingerprint density at radius 1 is 1.21 bits per heavy atom. The second-order valence-corrected chi connectivity index (χ2v) is 8.74. The van der Waals surface area contributed by atoms with Gasteiger partial charge in [0.25, 0.3) is 5.91 Å². The van der Waals surface area contributed by atoms with E-state index in [-0.39, 0.29) is 11.9 Å². The summed E-state index contributed by atoms with van der Waals surface area (Å²) >= 11 is 8.69. The van der Waals surface area contributed by atoms with Gasteiger partial charge in [-0.15, -0.1) is 11.3 Å². The second-order valence-electron chi connectivity index (χ2n) is 6.28. The van der Waals surface area contributed by atoms with E-state index in [0.717, 1.165) is 16.1 Å². The molecule has 144 valence electrons. The summed E-state index contributed by atoms with van der Waals surface area (Å²) in [6.45, 7) is 1.54. The third kappa shape index (κ3) is 4.35. The van der Waals surface area contributed by atoms with E-state index in [9.17, 15) is 9.59 Å². The smallest absolute Gasteiger partial charge is 0.318 e. The Kier molecular flexibility index (Phi) is 5.61. The van der Waals surface area contributed by atoms with Crippen LogP contribution in [0.1, 0.15) is 25.8 Å². The third-order valence-corrected chi connectivity index (χ3v) is 6.46. The van der Waals surface area contributed by atoms with Crippen molar-refractivity contribution in [3.63, 3.8) is 0 Å². The maximum atomic E-state index is 12.5. The molecule has 0 spiro atoms. The van der Waals surface area contributed by atoms with Gasteiger partial charge in [-0.1, -0.05) is 41.1 Å². The van der Waals surface area contributed by atoms with Crippen LogP contribution >= 0.6 is 34.3 Å². The molecule has 0 unspecified atom stereocenters. The summed E-state index contributed by atoms with van der Waals surface area (Å²) in [6.07, 6.45) is 0.676. The number of amides is 3. The molecule has 6 nitrogen and oxygen atoms in total. The van der Waals surface area contributed by atoms with Crippen molar-refractivity contribution in [1.29, 1.82) is 0 Å². The number of hydrogen-bond donors (Lipinski definition) is 2. The first-order chi connectivity index (χ1) is 13.6. The Morgan fingerprint density at radius 3 is 2.79 bits per heavy atom. The fourth-order valence-electron chi connectivity index (χ4n) is 2.88. The van der Waals surface area contributed by atoms with Gasteiger partial charge in [0.1, 0.15) is 0 Å². The lowest BCUT2D eigenvalue weighted by Gasteiger charge is -2.26. The molecule has 9 heteroatoms. The minimum absolute atomic E-state index is 0.113. The lowest BCUT2D eigenvalue weighted by Crippen LogP contribution is -2.42. The number of benzene rings is 1. The van der Waals surface area contributed by atoms with Crippen LogP contribution in [0.4, 0.5) is 9.93 Å². The van der Waals surface area contributed by atoms with Crippen LogP contribution in [0.25, 0.3) is 0 Å². The minimum Gasteiger partial charge on any atom is -0.334 e. The Hall–Kier alpha value is -2.42. The molecule has 3 aromatic rings. The molecule has 0 aliphatic carbocycles. The van der Waals surface area contributed by atoms with E-state index < -0.39 is 0 Å². The van der Waals surface area contributed by atoms with E-state index in [1.54, 1.807) is 23.1 Å². The van der Waals surface area contributed by atoms with Crippen LogP contribution in [-0.2, 0) is 19.5 Å². The van der Waals surface area contributed by atoms with Gasteiger partial charge < -0.3 is 10.2 Å². The molecule has 0 saturated heterocycles. The predicted octanol–water partition coefficient (Wildman–Crippen LogP) is 4.38. The third-order valence-electron chi connectivity index (χ3n) is 4.34. The van der Waals surface area contributed by atoms with Gasteiger partial charge in [0.2, 0.25) is 0 Å². The van der Waals surface area contributed by atoms with Crippen LogP contribution in [-0.4, -0.2) is 28.4 Å². The molecular weight excluding hydrogens is 416 g/mol. The summed E-state index contributed by atoms with van der Waals surface area (Å²) in [7, 11) is 0. The molecule has 0 radical (unpaired) electrons. The molecule has 0 saturated carbocycles. The molecule has 4 rings (SSSR count). The number of halogens is 1. The Labute approximate surface area is 175 Å². The monoisotopic (exact) mass is 432 g/mol. The van der Waals surface area contributed by atoms with Gasteiger partial charge in [-0.2, -0.15) is 0 Å². The number of nitrogens with one attached hydrogen (secondary N) is 2. The number of nitrogens with zero attached hydrogens (tertiary/aromatic N) is 2. The molecule has 1 aliphatic rings. The van der Waals surface area contributed by atoms with Crippen LogP contribution < -0.4 is 10.6 Å². The number of hydrogen-bond acceptors (Lipinski definition) is 5. The van der Waals surface area contributed by atoms with E-state index in [2.05, 4.69) is 15.6 Å². The highest BCUT2D eigenvalue weighted by Crippen LogP contribution is 2.29. The van der Waals surface area contributed by atoms with E-state index in [1.165, 1.54) is 22.7 Å². The number of thiazole rings is 1. The molecule has 2 N–H and O–H groups in total. The van der Waals surface area contributed by atoms with E-state index in [4.69, 9.17) is 11.6 Å². The maximum Gasteiger partial charge on any atom is 0.318 e. The van der Waals surface area contributed by atoms with Crippen molar-refractivity contribution in [1.82, 2.24) is 15.2 Å². The molecular formula is C19H17ClN4O2S2. The van der Waals surface area contributed by atoms with Crippen molar-refractivity contribution in [3.05, 3.63) is 67.8 Å². The average molecular weight is 433 g/mol. The first-order valence-corrected chi connectivity index (χ1v) is 10.8. The van der Waals surface area contributed by atoms with Crippen LogP contribution in [0, 0.1) is 0 Å². The Morgan fingerprint density at radius 2 is 2.04 bits per heavy atom. The van der Waals surface area contributed by atoms with Crippen molar-refractivity contribution in [3.8, 4) is 0 Å². The van der Waals surface area contributed by atoms with Gasteiger partial charge in [-0.25, -0.2) is 9.78 Å². The van der Waals surface area contributed by atoms with E-state index >= 15 is 0 Å². The quantitative estimate of drug-likeness (QED) is 0.642. The number of carbonyl (C=O) groups excluding carboxylic acids is 2. The minimum atomic E-state index is -0.154. The summed E-state index contributed by atoms with van der Waals surface area (Å²) in [5.41, 5.74) is 1.94. The van der Waals surface area contributed by atoms with E-state index in [0.29, 0.717) is 41.1 Å². The normalized spacial score (nSPS) is 13.1.